The van der Waals surface area contributed by atoms with Gasteiger partial charge in [0.15, 0.2) is 6.10 Å². The van der Waals surface area contributed by atoms with Gasteiger partial charge in [0.25, 0.3) is 11.8 Å². The van der Waals surface area contributed by atoms with E-state index >= 15 is 0 Å². The van der Waals surface area contributed by atoms with Crippen LogP contribution in [-0.4, -0.2) is 46.9 Å². The lowest BCUT2D eigenvalue weighted by Crippen LogP contribution is -2.50. The molecule has 6 heteroatoms. The first-order valence-corrected chi connectivity index (χ1v) is 9.85. The maximum Gasteiger partial charge on any atom is 0.329 e. The molecule has 0 aromatic heterocycles. The molecule has 1 aromatic carbocycles. The highest BCUT2D eigenvalue weighted by molar-refractivity contribution is 5.97. The Morgan fingerprint density at radius 1 is 0.893 bits per heavy atom. The van der Waals surface area contributed by atoms with E-state index in [1.54, 1.807) is 24.0 Å². The Hall–Kier alpha value is -2.37. The number of esters is 1. The summed E-state index contributed by atoms with van der Waals surface area (Å²) in [6.45, 7) is 14.8. The molecule has 2 amide bonds. The van der Waals surface area contributed by atoms with Gasteiger partial charge in [-0.2, -0.15) is 0 Å². The van der Waals surface area contributed by atoms with Gasteiger partial charge in [-0.1, -0.05) is 31.5 Å². The third kappa shape index (κ3) is 6.36. The third-order valence-corrected chi connectivity index (χ3v) is 4.53. The number of hydrogen-bond donors (Lipinski definition) is 1. The van der Waals surface area contributed by atoms with Crippen LogP contribution in [0.4, 0.5) is 0 Å². The highest BCUT2D eigenvalue weighted by Gasteiger charge is 2.32. The van der Waals surface area contributed by atoms with Crippen LogP contribution in [0.25, 0.3) is 0 Å². The number of nitrogens with zero attached hydrogens (tertiary/aromatic N) is 1. The monoisotopic (exact) mass is 390 g/mol. The normalized spacial score (nSPS) is 13.4. The SMILES string of the molecule is Cc1ccc(C(=O)N[C@H](C(=O)OC(C)C(=O)N(C(C)C)C(C)C)C(C)C)cc1. The number of carbonyl (C=O) groups excluding carboxylic acids is 3. The molecule has 1 N–H and O–H groups in total. The van der Waals surface area contributed by atoms with Gasteiger partial charge in [-0.15, -0.1) is 0 Å². The average molecular weight is 391 g/mol. The molecule has 0 saturated carbocycles. The summed E-state index contributed by atoms with van der Waals surface area (Å²) in [5.41, 5.74) is 1.52. The van der Waals surface area contributed by atoms with E-state index < -0.39 is 18.1 Å². The van der Waals surface area contributed by atoms with Crippen molar-refractivity contribution in [3.05, 3.63) is 35.4 Å². The van der Waals surface area contributed by atoms with Crippen molar-refractivity contribution < 1.29 is 19.1 Å². The fourth-order valence-electron chi connectivity index (χ4n) is 3.04. The van der Waals surface area contributed by atoms with Crippen molar-refractivity contribution in [2.24, 2.45) is 5.92 Å². The standard InChI is InChI=1S/C22H34N2O4/c1-13(2)19(23-20(25)18-11-9-16(7)10-12-18)22(27)28-17(8)21(26)24(14(3)4)15(5)6/h9-15,17,19H,1-8H3,(H,23,25)/t17?,19-/m0/s1. The van der Waals surface area contributed by atoms with Gasteiger partial charge in [-0.25, -0.2) is 4.79 Å². The summed E-state index contributed by atoms with van der Waals surface area (Å²) in [4.78, 5) is 39.5. The lowest BCUT2D eigenvalue weighted by molar-refractivity contribution is -0.163. The summed E-state index contributed by atoms with van der Waals surface area (Å²) < 4.78 is 5.43. The highest BCUT2D eigenvalue weighted by atomic mass is 16.5. The van der Waals surface area contributed by atoms with Gasteiger partial charge in [-0.3, -0.25) is 9.59 Å². The van der Waals surface area contributed by atoms with Crippen molar-refractivity contribution in [3.8, 4) is 0 Å². The molecule has 0 spiro atoms. The number of aryl methyl sites for hydroxylation is 1. The predicted octanol–water partition coefficient (Wildman–Crippen LogP) is 3.33. The van der Waals surface area contributed by atoms with Crippen molar-refractivity contribution in [2.45, 2.75) is 79.6 Å². The van der Waals surface area contributed by atoms with E-state index in [0.29, 0.717) is 5.56 Å². The molecule has 0 fully saturated rings. The van der Waals surface area contributed by atoms with Crippen LogP contribution >= 0.6 is 0 Å². The molecule has 6 nitrogen and oxygen atoms in total. The molecule has 0 aliphatic carbocycles. The molecule has 0 saturated heterocycles. The summed E-state index contributed by atoms with van der Waals surface area (Å²) in [6, 6.07) is 6.25. The Labute approximate surface area is 168 Å². The van der Waals surface area contributed by atoms with E-state index in [4.69, 9.17) is 4.74 Å². The van der Waals surface area contributed by atoms with Crippen LogP contribution in [0.1, 0.15) is 64.4 Å². The quantitative estimate of drug-likeness (QED) is 0.691. The Morgan fingerprint density at radius 2 is 1.39 bits per heavy atom. The number of rotatable bonds is 8. The second-order valence-corrected chi connectivity index (χ2v) is 8.07. The molecular formula is C22H34N2O4. The summed E-state index contributed by atoms with van der Waals surface area (Å²) >= 11 is 0. The van der Waals surface area contributed by atoms with Gasteiger partial charge >= 0.3 is 5.97 Å². The minimum absolute atomic E-state index is 0.00390. The Balaban J connectivity index is 2.85. The lowest BCUT2D eigenvalue weighted by atomic mass is 10.0. The van der Waals surface area contributed by atoms with Crippen molar-refractivity contribution in [1.29, 1.82) is 0 Å². The van der Waals surface area contributed by atoms with E-state index in [2.05, 4.69) is 5.32 Å². The van der Waals surface area contributed by atoms with Crippen LogP contribution in [0.5, 0.6) is 0 Å². The molecule has 28 heavy (non-hydrogen) atoms. The zero-order chi connectivity index (χ0) is 21.6. The second kappa shape index (κ2) is 10.2. The van der Waals surface area contributed by atoms with Crippen LogP contribution in [0.2, 0.25) is 0 Å². The Kier molecular flexibility index (Phi) is 8.66. The van der Waals surface area contributed by atoms with Gasteiger partial charge in [0, 0.05) is 17.6 Å². The van der Waals surface area contributed by atoms with Crippen LogP contribution in [0, 0.1) is 12.8 Å². The summed E-state index contributed by atoms with van der Waals surface area (Å²) in [5, 5.41) is 2.73. The first-order valence-electron chi connectivity index (χ1n) is 9.85. The number of amides is 2. The number of nitrogens with one attached hydrogen (secondary N) is 1. The Morgan fingerprint density at radius 3 is 1.82 bits per heavy atom. The molecule has 156 valence electrons. The maximum atomic E-state index is 12.7. The summed E-state index contributed by atoms with van der Waals surface area (Å²) in [5.74, 6) is -1.38. The van der Waals surface area contributed by atoms with E-state index in [1.165, 1.54) is 0 Å². The van der Waals surface area contributed by atoms with E-state index in [-0.39, 0.29) is 29.8 Å². The summed E-state index contributed by atoms with van der Waals surface area (Å²) in [7, 11) is 0. The van der Waals surface area contributed by atoms with Gasteiger partial charge in [0.2, 0.25) is 0 Å². The molecule has 0 aliphatic heterocycles. The second-order valence-electron chi connectivity index (χ2n) is 8.07. The van der Waals surface area contributed by atoms with Crippen LogP contribution in [0.15, 0.2) is 24.3 Å². The third-order valence-electron chi connectivity index (χ3n) is 4.53. The van der Waals surface area contributed by atoms with E-state index in [0.717, 1.165) is 5.56 Å². The highest BCUT2D eigenvalue weighted by Crippen LogP contribution is 2.13. The van der Waals surface area contributed by atoms with Crippen molar-refractivity contribution >= 4 is 17.8 Å². The molecule has 0 heterocycles. The van der Waals surface area contributed by atoms with Gasteiger partial charge in [0.1, 0.15) is 6.04 Å². The van der Waals surface area contributed by atoms with Crippen molar-refractivity contribution in [1.82, 2.24) is 10.2 Å². The maximum absolute atomic E-state index is 12.7. The predicted molar refractivity (Wildman–Crippen MR) is 110 cm³/mol. The number of hydrogen-bond acceptors (Lipinski definition) is 4. The van der Waals surface area contributed by atoms with Crippen LogP contribution < -0.4 is 5.32 Å². The van der Waals surface area contributed by atoms with Crippen molar-refractivity contribution in [2.75, 3.05) is 0 Å². The summed E-state index contributed by atoms with van der Waals surface area (Å²) in [6.07, 6.45) is -0.921. The first-order chi connectivity index (χ1) is 13.0. The topological polar surface area (TPSA) is 75.7 Å². The van der Waals surface area contributed by atoms with E-state index in [9.17, 15) is 14.4 Å². The van der Waals surface area contributed by atoms with Gasteiger partial charge in [-0.05, 0) is 59.6 Å². The zero-order valence-corrected chi connectivity index (χ0v) is 18.3. The molecular weight excluding hydrogens is 356 g/mol. The van der Waals surface area contributed by atoms with Crippen LogP contribution in [0.3, 0.4) is 0 Å². The molecule has 0 radical (unpaired) electrons. The first kappa shape index (κ1) is 23.7. The molecule has 1 rings (SSSR count). The fraction of sp³-hybridized carbons (Fsp3) is 0.591. The zero-order valence-electron chi connectivity index (χ0n) is 18.3. The lowest BCUT2D eigenvalue weighted by Gasteiger charge is -2.33. The number of ether oxygens (including phenoxy) is 1. The largest absolute Gasteiger partial charge is 0.451 e. The fourth-order valence-corrected chi connectivity index (χ4v) is 3.04. The minimum atomic E-state index is -0.921. The number of benzene rings is 1. The molecule has 1 aromatic rings. The smallest absolute Gasteiger partial charge is 0.329 e. The van der Waals surface area contributed by atoms with Crippen molar-refractivity contribution in [3.63, 3.8) is 0 Å². The molecule has 0 aliphatic rings. The molecule has 2 atom stereocenters. The minimum Gasteiger partial charge on any atom is -0.451 e. The number of carbonyl (C=O) groups is 3. The molecule has 1 unspecified atom stereocenters. The molecule has 0 bridgehead atoms. The van der Waals surface area contributed by atoms with Gasteiger partial charge in [0.05, 0.1) is 0 Å². The van der Waals surface area contributed by atoms with Crippen LogP contribution in [-0.2, 0) is 14.3 Å². The van der Waals surface area contributed by atoms with E-state index in [1.807, 2.05) is 60.6 Å². The van der Waals surface area contributed by atoms with Gasteiger partial charge < -0.3 is 15.0 Å². The average Bonchev–Trinajstić information content (AvgIpc) is 2.58. The Bertz CT molecular complexity index is 672.